The number of pyridine rings is 1. The van der Waals surface area contributed by atoms with E-state index < -0.39 is 12.4 Å². The number of carbonyl (C=O) groups is 1. The second-order valence-electron chi connectivity index (χ2n) is 8.15. The van der Waals surface area contributed by atoms with E-state index in [4.69, 9.17) is 0 Å². The van der Waals surface area contributed by atoms with E-state index in [1.54, 1.807) is 24.5 Å². The molecule has 0 aliphatic carbocycles. The third-order valence-corrected chi connectivity index (χ3v) is 6.90. The van der Waals surface area contributed by atoms with Crippen LogP contribution in [-0.4, -0.2) is 32.4 Å². The molecule has 2 N–H and O–H groups in total. The minimum Gasteiger partial charge on any atom is -0.406 e. The van der Waals surface area contributed by atoms with Crippen molar-refractivity contribution in [2.24, 2.45) is 4.40 Å². The van der Waals surface area contributed by atoms with E-state index in [9.17, 15) is 18.0 Å². The lowest BCUT2D eigenvalue weighted by Gasteiger charge is -2.09. The largest absolute Gasteiger partial charge is 0.573 e. The summed E-state index contributed by atoms with van der Waals surface area (Å²) in [6, 6.07) is 12.9. The highest BCUT2D eigenvalue weighted by atomic mass is 32.2. The second-order valence-corrected chi connectivity index (χ2v) is 9.73. The Kier molecular flexibility index (Phi) is 6.95. The first kappa shape index (κ1) is 25.5. The predicted octanol–water partition coefficient (Wildman–Crippen LogP) is 6.93. The fourth-order valence-electron chi connectivity index (χ4n) is 3.87. The molecule has 13 heteroatoms. The zero-order valence-electron chi connectivity index (χ0n) is 19.9. The first-order chi connectivity index (χ1) is 18.2. The highest BCUT2D eigenvalue weighted by molar-refractivity contribution is 7.96. The Morgan fingerprint density at radius 1 is 1.16 bits per heavy atom. The number of imidazole rings is 1. The summed E-state index contributed by atoms with van der Waals surface area (Å²) in [5, 5.41) is 4.59. The van der Waals surface area contributed by atoms with Crippen LogP contribution in [0.25, 0.3) is 27.7 Å². The zero-order chi connectivity index (χ0) is 26.9. The molecular weight excluding hydrogens is 537 g/mol. The van der Waals surface area contributed by atoms with Gasteiger partial charge in [-0.05, 0) is 78.8 Å². The third kappa shape index (κ3) is 5.58. The van der Waals surface area contributed by atoms with Crippen LogP contribution in [0.5, 0.6) is 5.75 Å². The standard InChI is InChI=1S/C25H19F3N6O2S2/c1-14-22(15(2)37-32-14)31-24(35)33-38-30-12-16-3-8-20-18(11-16)9-10-34-21(13-29-23(20)34)17-4-6-19(7-5-17)36-25(26,27)28/h3-13H,1-2H3,(H2,31,33,35)/b30-12+. The summed E-state index contributed by atoms with van der Waals surface area (Å²) >= 11 is 2.23. The number of halogens is 3. The number of benzene rings is 2. The maximum absolute atomic E-state index is 12.4. The summed E-state index contributed by atoms with van der Waals surface area (Å²) in [5.41, 5.74) is 4.43. The summed E-state index contributed by atoms with van der Waals surface area (Å²) < 4.78 is 54.2. The van der Waals surface area contributed by atoms with Gasteiger partial charge in [0.15, 0.2) is 0 Å². The lowest BCUT2D eigenvalue weighted by molar-refractivity contribution is -0.274. The molecule has 0 aliphatic heterocycles. The van der Waals surface area contributed by atoms with Crippen LogP contribution in [0.3, 0.4) is 0 Å². The molecule has 5 aromatic rings. The highest BCUT2D eigenvalue weighted by Crippen LogP contribution is 2.29. The highest BCUT2D eigenvalue weighted by Gasteiger charge is 2.31. The zero-order valence-corrected chi connectivity index (χ0v) is 21.5. The second kappa shape index (κ2) is 10.3. The molecule has 0 saturated carbocycles. The van der Waals surface area contributed by atoms with Crippen molar-refractivity contribution < 1.29 is 22.7 Å². The summed E-state index contributed by atoms with van der Waals surface area (Å²) in [6.07, 6.45) is 0.424. The van der Waals surface area contributed by atoms with Crippen molar-refractivity contribution in [1.29, 1.82) is 0 Å². The minimum absolute atomic E-state index is 0.284. The number of fused-ring (bicyclic) bond motifs is 3. The van der Waals surface area contributed by atoms with E-state index in [0.29, 0.717) is 16.9 Å². The molecule has 0 saturated heterocycles. The number of aryl methyl sites for hydroxylation is 2. The summed E-state index contributed by atoms with van der Waals surface area (Å²) in [5.74, 6) is -0.284. The SMILES string of the molecule is Cc1nsc(C)c1NC(=O)NS/N=C/c1ccc2c(ccn3c(-c4ccc(OC(F)(F)F)cc4)cnc23)c1. The van der Waals surface area contributed by atoms with Gasteiger partial charge in [0.2, 0.25) is 0 Å². The van der Waals surface area contributed by atoms with E-state index in [1.807, 2.05) is 48.7 Å². The number of aromatic nitrogens is 3. The topological polar surface area (TPSA) is 92.9 Å². The van der Waals surface area contributed by atoms with Crippen LogP contribution < -0.4 is 14.8 Å². The number of anilines is 1. The van der Waals surface area contributed by atoms with E-state index in [0.717, 1.165) is 44.7 Å². The Morgan fingerprint density at radius 2 is 1.95 bits per heavy atom. The monoisotopic (exact) mass is 556 g/mol. The first-order valence-electron chi connectivity index (χ1n) is 11.1. The van der Waals surface area contributed by atoms with Gasteiger partial charge in [-0.15, -0.1) is 13.2 Å². The van der Waals surface area contributed by atoms with Gasteiger partial charge in [0, 0.05) is 28.2 Å². The summed E-state index contributed by atoms with van der Waals surface area (Å²) in [6.45, 7) is 3.72. The van der Waals surface area contributed by atoms with E-state index in [1.165, 1.54) is 23.7 Å². The fraction of sp³-hybridized carbons (Fsp3) is 0.120. The molecule has 3 heterocycles. The van der Waals surface area contributed by atoms with Gasteiger partial charge < -0.3 is 10.1 Å². The Balaban J connectivity index is 1.28. The molecule has 0 radical (unpaired) electrons. The third-order valence-electron chi connectivity index (χ3n) is 5.56. The van der Waals surface area contributed by atoms with Gasteiger partial charge in [0.25, 0.3) is 0 Å². The molecule has 0 bridgehead atoms. The quantitative estimate of drug-likeness (QED) is 0.175. The molecule has 38 heavy (non-hydrogen) atoms. The number of alkyl halides is 3. The number of hydrogen-bond donors (Lipinski definition) is 2. The average molecular weight is 557 g/mol. The van der Waals surface area contributed by atoms with Gasteiger partial charge in [0.1, 0.15) is 11.4 Å². The van der Waals surface area contributed by atoms with Crippen molar-refractivity contribution in [3.63, 3.8) is 0 Å². The van der Waals surface area contributed by atoms with Crippen molar-refractivity contribution in [2.45, 2.75) is 20.2 Å². The molecular formula is C25H19F3N6O2S2. The van der Waals surface area contributed by atoms with Crippen LogP contribution in [0, 0.1) is 13.8 Å². The number of nitrogens with one attached hydrogen (secondary N) is 2. The Bertz CT molecular complexity index is 1640. The molecule has 0 aliphatic rings. The van der Waals surface area contributed by atoms with Gasteiger partial charge in [-0.25, -0.2) is 14.2 Å². The van der Waals surface area contributed by atoms with Crippen molar-refractivity contribution in [3.8, 4) is 17.0 Å². The van der Waals surface area contributed by atoms with Gasteiger partial charge in [-0.2, -0.15) is 4.37 Å². The molecule has 0 unspecified atom stereocenters. The average Bonchev–Trinajstić information content (AvgIpc) is 3.45. The summed E-state index contributed by atoms with van der Waals surface area (Å²) in [4.78, 5) is 17.6. The fourth-order valence-corrected chi connectivity index (χ4v) is 4.88. The van der Waals surface area contributed by atoms with Crippen LogP contribution in [-0.2, 0) is 0 Å². The normalized spacial score (nSPS) is 11.9. The van der Waals surface area contributed by atoms with Crippen LogP contribution in [0.15, 0.2) is 65.3 Å². The number of carbonyl (C=O) groups excluding carboxylic acids is 1. The number of amides is 2. The Hall–Kier alpha value is -4.10. The maximum atomic E-state index is 12.4. The smallest absolute Gasteiger partial charge is 0.406 e. The van der Waals surface area contributed by atoms with Gasteiger partial charge in [-0.3, -0.25) is 9.12 Å². The molecule has 3 aromatic heterocycles. The maximum Gasteiger partial charge on any atom is 0.573 e. The van der Waals surface area contributed by atoms with Crippen LogP contribution in [0.1, 0.15) is 16.1 Å². The Morgan fingerprint density at radius 3 is 2.66 bits per heavy atom. The molecule has 5 rings (SSSR count). The van der Waals surface area contributed by atoms with Crippen molar-refractivity contribution in [1.82, 2.24) is 18.5 Å². The Labute approximate surface area is 223 Å². The van der Waals surface area contributed by atoms with Crippen LogP contribution in [0.4, 0.5) is 23.7 Å². The number of nitrogens with zero attached hydrogens (tertiary/aromatic N) is 4. The van der Waals surface area contributed by atoms with Crippen LogP contribution >= 0.6 is 23.7 Å². The number of rotatable bonds is 6. The number of hydrogen-bond acceptors (Lipinski definition) is 7. The van der Waals surface area contributed by atoms with E-state index in [2.05, 4.69) is 28.5 Å². The van der Waals surface area contributed by atoms with E-state index in [-0.39, 0.29) is 5.75 Å². The molecule has 8 nitrogen and oxygen atoms in total. The number of urea groups is 1. The molecule has 2 amide bonds. The van der Waals surface area contributed by atoms with Gasteiger partial charge >= 0.3 is 12.4 Å². The molecule has 0 fully saturated rings. The van der Waals surface area contributed by atoms with Gasteiger partial charge in [0.05, 0.1) is 35.4 Å². The minimum atomic E-state index is -4.74. The molecule has 0 spiro atoms. The summed E-state index contributed by atoms with van der Waals surface area (Å²) in [7, 11) is 0. The number of ether oxygens (including phenoxy) is 1. The molecule has 0 atom stereocenters. The van der Waals surface area contributed by atoms with E-state index >= 15 is 0 Å². The van der Waals surface area contributed by atoms with Gasteiger partial charge in [-0.1, -0.05) is 6.07 Å². The first-order valence-corrected chi connectivity index (χ1v) is 12.7. The van der Waals surface area contributed by atoms with Crippen LogP contribution in [0.2, 0.25) is 0 Å². The predicted molar refractivity (Wildman–Crippen MR) is 144 cm³/mol. The van der Waals surface area contributed by atoms with Crippen molar-refractivity contribution in [2.75, 3.05) is 5.32 Å². The lowest BCUT2D eigenvalue weighted by atomic mass is 10.1. The van der Waals surface area contributed by atoms with Crippen molar-refractivity contribution in [3.05, 3.63) is 77.1 Å². The lowest BCUT2D eigenvalue weighted by Crippen LogP contribution is -2.22. The molecule has 2 aromatic carbocycles. The molecule has 194 valence electrons. The van der Waals surface area contributed by atoms with Crippen molar-refractivity contribution >= 4 is 58.0 Å².